The monoisotopic (exact) mass is 414 g/mol. The van der Waals surface area contributed by atoms with Crippen LogP contribution in [0.3, 0.4) is 0 Å². The molecule has 1 aliphatic rings. The van der Waals surface area contributed by atoms with Gasteiger partial charge in [0.25, 0.3) is 5.91 Å². The summed E-state index contributed by atoms with van der Waals surface area (Å²) in [7, 11) is 0. The highest BCUT2D eigenvalue weighted by atomic mass is 16.3. The minimum absolute atomic E-state index is 0.0507. The molecule has 5 rings (SSSR count). The van der Waals surface area contributed by atoms with Gasteiger partial charge in [0.15, 0.2) is 11.5 Å². The summed E-state index contributed by atoms with van der Waals surface area (Å²) in [6.07, 6.45) is 5.04. The van der Waals surface area contributed by atoms with Crippen LogP contribution >= 0.6 is 0 Å². The Morgan fingerprint density at radius 3 is 2.81 bits per heavy atom. The van der Waals surface area contributed by atoms with Crippen LogP contribution in [0.1, 0.15) is 33.7 Å². The Morgan fingerprint density at radius 2 is 2.00 bits per heavy atom. The lowest BCUT2D eigenvalue weighted by Crippen LogP contribution is -2.16. The van der Waals surface area contributed by atoms with Crippen LogP contribution in [0.4, 0.5) is 5.69 Å². The van der Waals surface area contributed by atoms with E-state index in [1.165, 1.54) is 10.2 Å². The van der Waals surface area contributed by atoms with E-state index in [1.807, 2.05) is 18.2 Å². The van der Waals surface area contributed by atoms with Crippen molar-refractivity contribution in [2.24, 2.45) is 5.73 Å². The molecular weight excluding hydrogens is 392 g/mol. The maximum atomic E-state index is 12.0. The van der Waals surface area contributed by atoms with E-state index in [4.69, 9.17) is 10.7 Å². The maximum Gasteiger partial charge on any atom is 0.269 e. The third-order valence-electron chi connectivity index (χ3n) is 5.65. The zero-order chi connectivity index (χ0) is 21.4. The molecule has 0 radical (unpaired) electrons. The van der Waals surface area contributed by atoms with Gasteiger partial charge in [-0.3, -0.25) is 9.78 Å². The number of rotatable bonds is 6. The molecule has 0 unspecified atom stereocenters. The van der Waals surface area contributed by atoms with Crippen molar-refractivity contribution in [2.45, 2.75) is 25.7 Å². The van der Waals surface area contributed by atoms with Gasteiger partial charge in [0.2, 0.25) is 5.88 Å². The summed E-state index contributed by atoms with van der Waals surface area (Å²) >= 11 is 0. The fourth-order valence-corrected chi connectivity index (χ4v) is 4.23. The molecule has 0 spiro atoms. The first-order valence-corrected chi connectivity index (χ1v) is 10.3. The summed E-state index contributed by atoms with van der Waals surface area (Å²) in [4.78, 5) is 21.0. The molecule has 1 amide bonds. The van der Waals surface area contributed by atoms with E-state index in [0.717, 1.165) is 41.5 Å². The number of pyridine rings is 2. The van der Waals surface area contributed by atoms with Gasteiger partial charge >= 0.3 is 0 Å². The minimum atomic E-state index is -0.685. The number of para-hydroxylation sites is 1. The summed E-state index contributed by atoms with van der Waals surface area (Å²) in [5.41, 5.74) is 10.4. The van der Waals surface area contributed by atoms with Crippen LogP contribution < -0.4 is 11.1 Å². The van der Waals surface area contributed by atoms with E-state index in [1.54, 1.807) is 24.4 Å². The molecule has 4 N–H and O–H groups in total. The van der Waals surface area contributed by atoms with Crippen molar-refractivity contribution in [1.82, 2.24) is 19.7 Å². The molecule has 8 nitrogen and oxygen atoms in total. The lowest BCUT2D eigenvalue weighted by molar-refractivity contribution is 0.0994. The van der Waals surface area contributed by atoms with Gasteiger partial charge in [-0.15, -0.1) is 0 Å². The predicted octanol–water partition coefficient (Wildman–Crippen LogP) is 2.76. The summed E-state index contributed by atoms with van der Waals surface area (Å²) in [6.45, 7) is 0.502. The molecule has 0 aliphatic heterocycles. The van der Waals surface area contributed by atoms with Crippen molar-refractivity contribution in [3.05, 3.63) is 71.2 Å². The molecule has 0 bridgehead atoms. The second-order valence-corrected chi connectivity index (χ2v) is 7.57. The topological polar surface area (TPSA) is 119 Å². The Bertz CT molecular complexity index is 1280. The van der Waals surface area contributed by atoms with Crippen molar-refractivity contribution in [1.29, 1.82) is 0 Å². The van der Waals surface area contributed by atoms with Crippen LogP contribution in [-0.4, -0.2) is 37.3 Å². The number of primary amides is 1. The number of aromatic hydroxyl groups is 1. The largest absolute Gasteiger partial charge is 0.493 e. The highest BCUT2D eigenvalue weighted by Gasteiger charge is 2.23. The van der Waals surface area contributed by atoms with Gasteiger partial charge in [-0.25, -0.2) is 4.98 Å². The number of fused-ring (bicyclic) bond motifs is 2. The fourth-order valence-electron chi connectivity index (χ4n) is 4.23. The number of nitrogens with two attached hydrogens (primary N) is 1. The number of aromatic nitrogens is 4. The number of carbonyl (C=O) groups excluding carboxylic acids is 1. The Kier molecular flexibility index (Phi) is 4.74. The van der Waals surface area contributed by atoms with Crippen molar-refractivity contribution in [3.8, 4) is 11.7 Å². The number of benzene rings is 1. The highest BCUT2D eigenvalue weighted by Crippen LogP contribution is 2.34. The smallest absolute Gasteiger partial charge is 0.269 e. The molecule has 1 aromatic carbocycles. The SMILES string of the molecule is NC(=O)c1nn(-c2ccccn2)c(O)c1CCNc1c2c(nc3ccccc13)CCC2. The summed E-state index contributed by atoms with van der Waals surface area (Å²) < 4.78 is 1.25. The number of amides is 1. The summed E-state index contributed by atoms with van der Waals surface area (Å²) in [5.74, 6) is -0.394. The molecule has 1 aliphatic carbocycles. The number of nitrogens with zero attached hydrogens (tertiary/aromatic N) is 4. The van der Waals surface area contributed by atoms with Gasteiger partial charge in [-0.05, 0) is 49.4 Å². The lowest BCUT2D eigenvalue weighted by atomic mass is 10.1. The predicted molar refractivity (Wildman–Crippen MR) is 118 cm³/mol. The van der Waals surface area contributed by atoms with Crippen molar-refractivity contribution in [3.63, 3.8) is 0 Å². The zero-order valence-electron chi connectivity index (χ0n) is 16.9. The van der Waals surface area contributed by atoms with Gasteiger partial charge in [-0.2, -0.15) is 9.78 Å². The van der Waals surface area contributed by atoms with Crippen LogP contribution in [0.15, 0.2) is 48.7 Å². The lowest BCUT2D eigenvalue weighted by Gasteiger charge is -2.14. The Labute approximate surface area is 178 Å². The Morgan fingerprint density at radius 1 is 1.16 bits per heavy atom. The number of hydrogen-bond acceptors (Lipinski definition) is 6. The Balaban J connectivity index is 1.45. The minimum Gasteiger partial charge on any atom is -0.493 e. The highest BCUT2D eigenvalue weighted by molar-refractivity contribution is 5.94. The molecule has 0 atom stereocenters. The van der Waals surface area contributed by atoms with E-state index >= 15 is 0 Å². The van der Waals surface area contributed by atoms with Gasteiger partial charge in [0.1, 0.15) is 0 Å². The Hall–Kier alpha value is -3.94. The number of nitrogens with one attached hydrogen (secondary N) is 1. The average molecular weight is 414 g/mol. The van der Waals surface area contributed by atoms with E-state index in [-0.39, 0.29) is 11.6 Å². The van der Waals surface area contributed by atoms with Crippen LogP contribution in [0.2, 0.25) is 0 Å². The number of carbonyl (C=O) groups is 1. The summed E-state index contributed by atoms with van der Waals surface area (Å²) in [6, 6.07) is 13.3. The molecule has 0 saturated heterocycles. The van der Waals surface area contributed by atoms with Crippen LogP contribution in [0, 0.1) is 0 Å². The van der Waals surface area contributed by atoms with Gasteiger partial charge in [0, 0.05) is 35.1 Å². The molecule has 4 aromatic rings. The molecule has 0 fully saturated rings. The third kappa shape index (κ3) is 3.35. The molecule has 31 heavy (non-hydrogen) atoms. The number of aryl methyl sites for hydroxylation is 1. The van der Waals surface area contributed by atoms with E-state index in [9.17, 15) is 9.90 Å². The van der Waals surface area contributed by atoms with E-state index < -0.39 is 5.91 Å². The second kappa shape index (κ2) is 7.71. The molecule has 3 aromatic heterocycles. The summed E-state index contributed by atoms with van der Waals surface area (Å²) in [5, 5.41) is 19.6. The van der Waals surface area contributed by atoms with Crippen molar-refractivity contribution < 1.29 is 9.90 Å². The van der Waals surface area contributed by atoms with Crippen molar-refractivity contribution in [2.75, 3.05) is 11.9 Å². The van der Waals surface area contributed by atoms with Gasteiger partial charge in [0.05, 0.1) is 5.52 Å². The number of hydrogen-bond donors (Lipinski definition) is 3. The number of anilines is 1. The van der Waals surface area contributed by atoms with E-state index in [0.29, 0.717) is 24.3 Å². The van der Waals surface area contributed by atoms with Gasteiger partial charge < -0.3 is 16.2 Å². The standard InChI is InChI=1S/C23H22N6O2/c24-22(30)21-16(23(31)29(28-21)19-10-3-4-12-25-19)11-13-26-20-14-6-1-2-8-17(14)27-18-9-5-7-15(18)20/h1-4,6,8,10,12,31H,5,7,9,11,13H2,(H2,24,30)(H,26,27). The first kappa shape index (κ1) is 19.0. The molecule has 8 heteroatoms. The average Bonchev–Trinajstić information content (AvgIpc) is 3.38. The maximum absolute atomic E-state index is 12.0. The van der Waals surface area contributed by atoms with Crippen LogP contribution in [0.25, 0.3) is 16.7 Å². The van der Waals surface area contributed by atoms with Crippen LogP contribution in [-0.2, 0) is 19.3 Å². The molecule has 3 heterocycles. The van der Waals surface area contributed by atoms with Crippen molar-refractivity contribution >= 4 is 22.5 Å². The second-order valence-electron chi connectivity index (χ2n) is 7.57. The normalized spacial score (nSPS) is 12.8. The molecular formula is C23H22N6O2. The zero-order valence-corrected chi connectivity index (χ0v) is 16.9. The quantitative estimate of drug-likeness (QED) is 0.446. The first-order chi connectivity index (χ1) is 15.1. The molecule has 0 saturated carbocycles. The first-order valence-electron chi connectivity index (χ1n) is 10.3. The fraction of sp³-hybridized carbons (Fsp3) is 0.217. The van der Waals surface area contributed by atoms with Crippen LogP contribution in [0.5, 0.6) is 5.88 Å². The van der Waals surface area contributed by atoms with Gasteiger partial charge in [-0.1, -0.05) is 24.3 Å². The third-order valence-corrected chi connectivity index (χ3v) is 5.65. The van der Waals surface area contributed by atoms with E-state index in [2.05, 4.69) is 21.5 Å². The molecule has 156 valence electrons.